The topological polar surface area (TPSA) is 66.5 Å². The molecule has 0 radical (unpaired) electrons. The number of rotatable bonds is 3. The number of ketones is 1. The quantitative estimate of drug-likeness (QED) is 0.856. The Hall–Kier alpha value is -1.40. The van der Waals surface area contributed by atoms with E-state index in [9.17, 15) is 13.2 Å². The van der Waals surface area contributed by atoms with Gasteiger partial charge in [0.1, 0.15) is 0 Å². The van der Waals surface area contributed by atoms with Gasteiger partial charge in [-0.05, 0) is 56.5 Å². The zero-order valence-electron chi connectivity index (χ0n) is 12.3. The van der Waals surface area contributed by atoms with Crippen molar-refractivity contribution >= 4 is 21.5 Å². The highest BCUT2D eigenvalue weighted by molar-refractivity contribution is 7.92. The monoisotopic (exact) mass is 308 g/mol. The fourth-order valence-electron chi connectivity index (χ4n) is 3.37. The highest BCUT2D eigenvalue weighted by atomic mass is 32.2. The lowest BCUT2D eigenvalue weighted by Gasteiger charge is -2.22. The molecule has 0 aliphatic carbocycles. The summed E-state index contributed by atoms with van der Waals surface area (Å²) in [6, 6.07) is 5.19. The van der Waals surface area contributed by atoms with Crippen molar-refractivity contribution in [3.8, 4) is 0 Å². The third-order valence-electron chi connectivity index (χ3n) is 4.25. The summed E-state index contributed by atoms with van der Waals surface area (Å²) >= 11 is 0. The van der Waals surface area contributed by atoms with Gasteiger partial charge < -0.3 is 5.32 Å². The minimum absolute atomic E-state index is 0.0899. The van der Waals surface area contributed by atoms with Gasteiger partial charge in [0.25, 0.3) is 0 Å². The van der Waals surface area contributed by atoms with E-state index in [-0.39, 0.29) is 17.9 Å². The molecule has 3 rings (SSSR count). The normalized spacial score (nSPS) is 25.1. The number of nitrogens with one attached hydrogen (secondary N) is 1. The van der Waals surface area contributed by atoms with E-state index in [0.29, 0.717) is 17.7 Å². The Morgan fingerprint density at radius 3 is 2.76 bits per heavy atom. The van der Waals surface area contributed by atoms with Crippen molar-refractivity contribution in [2.75, 3.05) is 17.1 Å². The first kappa shape index (κ1) is 14.5. The van der Waals surface area contributed by atoms with Crippen LogP contribution in [0.3, 0.4) is 0 Å². The van der Waals surface area contributed by atoms with Crippen LogP contribution in [0.2, 0.25) is 0 Å². The Kier molecular flexibility index (Phi) is 3.53. The van der Waals surface area contributed by atoms with Crippen LogP contribution >= 0.6 is 0 Å². The molecule has 0 saturated carbocycles. The van der Waals surface area contributed by atoms with Gasteiger partial charge in [0.15, 0.2) is 5.78 Å². The molecule has 114 valence electrons. The lowest BCUT2D eigenvalue weighted by Crippen LogP contribution is -2.34. The molecular weight excluding hydrogens is 288 g/mol. The summed E-state index contributed by atoms with van der Waals surface area (Å²) in [4.78, 5) is 12.4. The number of benzene rings is 1. The van der Waals surface area contributed by atoms with E-state index in [2.05, 4.69) is 5.32 Å². The number of fused-ring (bicyclic) bond motifs is 1. The third-order valence-corrected chi connectivity index (χ3v) is 5.52. The Morgan fingerprint density at radius 1 is 1.38 bits per heavy atom. The van der Waals surface area contributed by atoms with Crippen molar-refractivity contribution in [3.05, 3.63) is 29.3 Å². The summed E-state index contributed by atoms with van der Waals surface area (Å²) in [5.74, 6) is 0.112. The number of carbonyl (C=O) groups is 1. The van der Waals surface area contributed by atoms with Crippen molar-refractivity contribution in [1.82, 2.24) is 5.32 Å². The Morgan fingerprint density at radius 2 is 2.14 bits per heavy atom. The molecule has 2 atom stereocenters. The average molecular weight is 308 g/mol. The van der Waals surface area contributed by atoms with Gasteiger partial charge in [0.2, 0.25) is 10.0 Å². The number of anilines is 1. The molecule has 1 saturated heterocycles. The number of Topliss-reactive ketones (excluding diaryl/α,β-unsaturated/α-hetero) is 1. The maximum atomic E-state index is 12.4. The van der Waals surface area contributed by atoms with Gasteiger partial charge in [-0.15, -0.1) is 0 Å². The molecule has 2 unspecified atom stereocenters. The largest absolute Gasteiger partial charge is 0.307 e. The van der Waals surface area contributed by atoms with Crippen molar-refractivity contribution in [2.45, 2.75) is 38.3 Å². The van der Waals surface area contributed by atoms with Crippen molar-refractivity contribution < 1.29 is 13.2 Å². The van der Waals surface area contributed by atoms with Crippen LogP contribution in [0.4, 0.5) is 5.69 Å². The molecule has 0 bridgehead atoms. The van der Waals surface area contributed by atoms with Crippen LogP contribution in [0.15, 0.2) is 18.2 Å². The number of hydrogen-bond donors (Lipinski definition) is 1. The summed E-state index contributed by atoms with van der Waals surface area (Å²) < 4.78 is 25.2. The molecule has 1 N–H and O–H groups in total. The molecule has 2 aliphatic heterocycles. The zero-order chi connectivity index (χ0) is 15.2. The van der Waals surface area contributed by atoms with Crippen molar-refractivity contribution in [3.63, 3.8) is 0 Å². The van der Waals surface area contributed by atoms with E-state index in [1.54, 1.807) is 12.1 Å². The van der Waals surface area contributed by atoms with Crippen LogP contribution in [0.5, 0.6) is 0 Å². The molecule has 0 spiro atoms. The fourth-order valence-corrected chi connectivity index (χ4v) is 4.63. The fraction of sp³-hybridized carbons (Fsp3) is 0.533. The molecule has 0 aromatic heterocycles. The summed E-state index contributed by atoms with van der Waals surface area (Å²) in [5.41, 5.74) is 2.33. The predicted octanol–water partition coefficient (Wildman–Crippen LogP) is 1.33. The van der Waals surface area contributed by atoms with E-state index in [1.807, 2.05) is 13.0 Å². The van der Waals surface area contributed by atoms with Crippen LogP contribution < -0.4 is 9.62 Å². The molecule has 2 heterocycles. The number of hydrogen-bond acceptors (Lipinski definition) is 4. The van der Waals surface area contributed by atoms with Crippen LogP contribution in [-0.4, -0.2) is 39.1 Å². The number of carbonyl (C=O) groups excluding carboxylic acids is 1. The first-order valence-corrected chi connectivity index (χ1v) is 9.12. The van der Waals surface area contributed by atoms with Gasteiger partial charge in [-0.25, -0.2) is 8.42 Å². The summed E-state index contributed by atoms with van der Waals surface area (Å²) in [5, 5.41) is 3.21. The Bertz CT molecular complexity index is 678. The lowest BCUT2D eigenvalue weighted by molar-refractivity contribution is 0.0952. The molecule has 6 heteroatoms. The van der Waals surface area contributed by atoms with Crippen molar-refractivity contribution in [1.29, 1.82) is 0 Å². The summed E-state index contributed by atoms with van der Waals surface area (Å²) in [7, 11) is -3.28. The Labute approximate surface area is 125 Å². The van der Waals surface area contributed by atoms with E-state index < -0.39 is 10.0 Å². The van der Waals surface area contributed by atoms with E-state index in [4.69, 9.17) is 0 Å². The first-order chi connectivity index (χ1) is 9.88. The highest BCUT2D eigenvalue weighted by Crippen LogP contribution is 2.35. The van der Waals surface area contributed by atoms with Gasteiger partial charge in [-0.3, -0.25) is 9.10 Å². The second-order valence-corrected chi connectivity index (χ2v) is 7.83. The minimum Gasteiger partial charge on any atom is -0.307 e. The molecule has 1 fully saturated rings. The Balaban J connectivity index is 1.93. The van der Waals surface area contributed by atoms with E-state index in [1.165, 1.54) is 10.6 Å². The first-order valence-electron chi connectivity index (χ1n) is 7.28. The molecular formula is C15H20N2O3S. The maximum Gasteiger partial charge on any atom is 0.232 e. The van der Waals surface area contributed by atoms with Crippen LogP contribution in [0, 0.1) is 0 Å². The number of nitrogens with zero attached hydrogens (tertiary/aromatic N) is 1. The zero-order valence-corrected chi connectivity index (χ0v) is 13.1. The van der Waals surface area contributed by atoms with Gasteiger partial charge >= 0.3 is 0 Å². The average Bonchev–Trinajstić information content (AvgIpc) is 3.01. The highest BCUT2D eigenvalue weighted by Gasteiger charge is 2.33. The predicted molar refractivity (Wildman–Crippen MR) is 82.3 cm³/mol. The SMILES string of the molecule is CC1Cc2cc(C(=O)C3CCCN3)ccc2N1S(C)(=O)=O. The van der Waals surface area contributed by atoms with Crippen LogP contribution in [-0.2, 0) is 16.4 Å². The van der Waals surface area contributed by atoms with Gasteiger partial charge in [0, 0.05) is 11.6 Å². The minimum atomic E-state index is -3.28. The maximum absolute atomic E-state index is 12.4. The smallest absolute Gasteiger partial charge is 0.232 e. The lowest BCUT2D eigenvalue weighted by atomic mass is 9.99. The molecule has 2 aliphatic rings. The van der Waals surface area contributed by atoms with Crippen LogP contribution in [0.1, 0.15) is 35.7 Å². The third kappa shape index (κ3) is 2.58. The molecule has 1 aromatic carbocycles. The van der Waals surface area contributed by atoms with E-state index >= 15 is 0 Å². The van der Waals surface area contributed by atoms with Crippen molar-refractivity contribution in [2.24, 2.45) is 0 Å². The van der Waals surface area contributed by atoms with Gasteiger partial charge in [-0.2, -0.15) is 0 Å². The molecule has 0 amide bonds. The van der Waals surface area contributed by atoms with Gasteiger partial charge in [0.05, 0.1) is 18.0 Å². The standard InChI is InChI=1S/C15H20N2O3S/c1-10-8-12-9-11(15(18)13-4-3-7-16-13)5-6-14(12)17(10)21(2,19)20/h5-6,9-10,13,16H,3-4,7-8H2,1-2H3. The summed E-state index contributed by atoms with van der Waals surface area (Å²) in [6.45, 7) is 2.78. The molecule has 21 heavy (non-hydrogen) atoms. The summed E-state index contributed by atoms with van der Waals surface area (Å²) in [6.07, 6.45) is 3.78. The number of sulfonamides is 1. The van der Waals surface area contributed by atoms with E-state index in [0.717, 1.165) is 24.9 Å². The van der Waals surface area contributed by atoms with Gasteiger partial charge in [-0.1, -0.05) is 0 Å². The second kappa shape index (κ2) is 5.10. The van der Waals surface area contributed by atoms with Crippen LogP contribution in [0.25, 0.3) is 0 Å². The molecule has 1 aromatic rings. The second-order valence-electron chi connectivity index (χ2n) is 5.97. The molecule has 5 nitrogen and oxygen atoms in total.